The van der Waals surface area contributed by atoms with Crippen molar-refractivity contribution in [1.29, 1.82) is 0 Å². The van der Waals surface area contributed by atoms with Gasteiger partial charge in [-0.3, -0.25) is 14.4 Å². The number of carbonyl (C=O) groups excluding carboxylic acids is 3. The highest BCUT2D eigenvalue weighted by molar-refractivity contribution is 5.99. The molecular weight excluding hydrogens is 358 g/mol. The van der Waals surface area contributed by atoms with Crippen molar-refractivity contribution in [2.24, 2.45) is 0 Å². The third-order valence-corrected chi connectivity index (χ3v) is 4.61. The summed E-state index contributed by atoms with van der Waals surface area (Å²) >= 11 is 0. The molecule has 28 heavy (non-hydrogen) atoms. The number of amides is 1. The fourth-order valence-corrected chi connectivity index (χ4v) is 2.96. The van der Waals surface area contributed by atoms with Gasteiger partial charge >= 0.3 is 5.97 Å². The maximum Gasteiger partial charge on any atom is 0.308 e. The number of Topliss-reactive ketones (excluding diaryl/α,β-unsaturated/α-hetero) is 1. The summed E-state index contributed by atoms with van der Waals surface area (Å²) in [6.07, 6.45) is -0.000356. The fraction of sp³-hybridized carbons (Fsp3) is 0.318. The van der Waals surface area contributed by atoms with E-state index in [0.29, 0.717) is 22.9 Å². The van der Waals surface area contributed by atoms with Gasteiger partial charge in [-0.15, -0.1) is 0 Å². The molecule has 0 saturated heterocycles. The van der Waals surface area contributed by atoms with E-state index in [4.69, 9.17) is 9.47 Å². The molecule has 0 atom stereocenters. The van der Waals surface area contributed by atoms with E-state index < -0.39 is 5.97 Å². The maximum absolute atomic E-state index is 12.2. The van der Waals surface area contributed by atoms with Gasteiger partial charge in [0.2, 0.25) is 0 Å². The number of fused-ring (bicyclic) bond motifs is 1. The summed E-state index contributed by atoms with van der Waals surface area (Å²) in [6, 6.07) is 14.5. The van der Waals surface area contributed by atoms with Crippen LogP contribution in [-0.4, -0.2) is 37.4 Å². The Balaban J connectivity index is 1.51. The van der Waals surface area contributed by atoms with E-state index in [2.05, 4.69) is 13.8 Å². The predicted octanol–water partition coefficient (Wildman–Crippen LogP) is 3.35. The van der Waals surface area contributed by atoms with E-state index in [1.54, 1.807) is 30.3 Å². The zero-order chi connectivity index (χ0) is 20.1. The highest BCUT2D eigenvalue weighted by atomic mass is 16.5. The minimum Gasteiger partial charge on any atom is -0.482 e. The SMILES string of the molecule is CC(C)c1ccc(C(=O)COC(=O)CCN2C(=O)COc3ccccc32)cc1. The molecule has 0 radical (unpaired) electrons. The number of rotatable bonds is 7. The number of hydrogen-bond acceptors (Lipinski definition) is 5. The minimum absolute atomic E-state index is 0.000356. The molecule has 1 aliphatic heterocycles. The van der Waals surface area contributed by atoms with Gasteiger partial charge in [0.15, 0.2) is 19.0 Å². The Morgan fingerprint density at radius 1 is 1.11 bits per heavy atom. The van der Waals surface area contributed by atoms with Crippen molar-refractivity contribution in [2.45, 2.75) is 26.2 Å². The summed E-state index contributed by atoms with van der Waals surface area (Å²) < 4.78 is 10.5. The van der Waals surface area contributed by atoms with Crippen LogP contribution in [0.1, 0.15) is 42.1 Å². The van der Waals surface area contributed by atoms with Crippen LogP contribution in [0.15, 0.2) is 48.5 Å². The number of anilines is 1. The molecule has 0 aliphatic carbocycles. The van der Waals surface area contributed by atoms with Gasteiger partial charge in [-0.05, 0) is 23.6 Å². The van der Waals surface area contributed by atoms with Gasteiger partial charge < -0.3 is 14.4 Å². The summed E-state index contributed by atoms with van der Waals surface area (Å²) in [5.74, 6) is -0.00121. The largest absolute Gasteiger partial charge is 0.482 e. The molecule has 0 aromatic heterocycles. The maximum atomic E-state index is 12.2. The van der Waals surface area contributed by atoms with Crippen LogP contribution in [0.4, 0.5) is 5.69 Å². The molecule has 2 aromatic rings. The van der Waals surface area contributed by atoms with E-state index in [0.717, 1.165) is 5.56 Å². The van der Waals surface area contributed by atoms with Gasteiger partial charge in [-0.1, -0.05) is 50.2 Å². The van der Waals surface area contributed by atoms with Crippen LogP contribution in [0.2, 0.25) is 0 Å². The third-order valence-electron chi connectivity index (χ3n) is 4.61. The lowest BCUT2D eigenvalue weighted by molar-refractivity contribution is -0.142. The van der Waals surface area contributed by atoms with E-state index >= 15 is 0 Å². The van der Waals surface area contributed by atoms with Gasteiger partial charge in [0, 0.05) is 12.1 Å². The van der Waals surface area contributed by atoms with Crippen LogP contribution < -0.4 is 9.64 Å². The minimum atomic E-state index is -0.524. The molecule has 0 N–H and O–H groups in total. The Hall–Kier alpha value is -3.15. The molecule has 0 unspecified atom stereocenters. The standard InChI is InChI=1S/C22H23NO5/c1-15(2)16-7-9-17(10-8-16)19(24)13-28-22(26)11-12-23-18-5-3-4-6-20(18)27-14-21(23)25/h3-10,15H,11-14H2,1-2H3. The molecule has 3 rings (SSSR count). The third kappa shape index (κ3) is 4.57. The number of hydrogen-bond donors (Lipinski definition) is 0. The molecule has 0 spiro atoms. The number of esters is 1. The van der Waals surface area contributed by atoms with Crippen molar-refractivity contribution < 1.29 is 23.9 Å². The van der Waals surface area contributed by atoms with Crippen molar-refractivity contribution in [3.05, 3.63) is 59.7 Å². The number of ether oxygens (including phenoxy) is 2. The van der Waals surface area contributed by atoms with Gasteiger partial charge in [-0.2, -0.15) is 0 Å². The summed E-state index contributed by atoms with van der Waals surface area (Å²) in [6.45, 7) is 3.96. The first kappa shape index (κ1) is 19.6. The summed E-state index contributed by atoms with van der Waals surface area (Å²) in [7, 11) is 0. The molecule has 0 saturated carbocycles. The Labute approximate surface area is 164 Å². The van der Waals surface area contributed by atoms with Gasteiger partial charge in [0.25, 0.3) is 5.91 Å². The Morgan fingerprint density at radius 3 is 2.54 bits per heavy atom. The van der Waals surface area contributed by atoms with Gasteiger partial charge in [0.05, 0.1) is 12.1 Å². The molecule has 2 aromatic carbocycles. The quantitative estimate of drug-likeness (QED) is 0.543. The average Bonchev–Trinajstić information content (AvgIpc) is 2.71. The Bertz CT molecular complexity index is 873. The molecule has 146 valence electrons. The molecule has 6 heteroatoms. The summed E-state index contributed by atoms with van der Waals surface area (Å²) in [5, 5.41) is 0. The van der Waals surface area contributed by atoms with Crippen molar-refractivity contribution >= 4 is 23.3 Å². The molecule has 0 bridgehead atoms. The monoisotopic (exact) mass is 381 g/mol. The molecular formula is C22H23NO5. The number of ketones is 1. The van der Waals surface area contributed by atoms with Crippen LogP contribution in [0, 0.1) is 0 Å². The Kier molecular flexibility index (Phi) is 6.09. The second-order valence-electron chi connectivity index (χ2n) is 6.91. The molecule has 1 amide bonds. The summed E-state index contributed by atoms with van der Waals surface area (Å²) in [5.41, 5.74) is 2.28. The predicted molar refractivity (Wildman–Crippen MR) is 105 cm³/mol. The molecule has 1 aliphatic rings. The zero-order valence-corrected chi connectivity index (χ0v) is 16.0. The first-order valence-corrected chi connectivity index (χ1v) is 9.26. The van der Waals surface area contributed by atoms with Crippen molar-refractivity contribution in [1.82, 2.24) is 0 Å². The first-order chi connectivity index (χ1) is 13.5. The lowest BCUT2D eigenvalue weighted by Gasteiger charge is -2.28. The normalized spacial score (nSPS) is 13.1. The van der Waals surface area contributed by atoms with E-state index in [9.17, 15) is 14.4 Å². The molecule has 6 nitrogen and oxygen atoms in total. The molecule has 1 heterocycles. The fourth-order valence-electron chi connectivity index (χ4n) is 2.96. The van der Waals surface area contributed by atoms with Crippen molar-refractivity contribution in [3.8, 4) is 5.75 Å². The number of benzene rings is 2. The highest BCUT2D eigenvalue weighted by Crippen LogP contribution is 2.31. The van der Waals surface area contributed by atoms with Crippen LogP contribution >= 0.6 is 0 Å². The van der Waals surface area contributed by atoms with Crippen LogP contribution in [-0.2, 0) is 14.3 Å². The average molecular weight is 381 g/mol. The van der Waals surface area contributed by atoms with E-state index in [1.165, 1.54) is 4.90 Å². The lowest BCUT2D eigenvalue weighted by atomic mass is 10.0. The topological polar surface area (TPSA) is 72.9 Å². The van der Waals surface area contributed by atoms with Crippen molar-refractivity contribution in [2.75, 3.05) is 24.7 Å². The van der Waals surface area contributed by atoms with Gasteiger partial charge in [-0.25, -0.2) is 0 Å². The lowest BCUT2D eigenvalue weighted by Crippen LogP contribution is -2.40. The highest BCUT2D eigenvalue weighted by Gasteiger charge is 2.25. The number of para-hydroxylation sites is 2. The van der Waals surface area contributed by atoms with Crippen LogP contribution in [0.25, 0.3) is 0 Å². The number of carbonyl (C=O) groups is 3. The second kappa shape index (κ2) is 8.69. The Morgan fingerprint density at radius 2 is 1.82 bits per heavy atom. The van der Waals surface area contributed by atoms with E-state index in [-0.39, 0.29) is 37.9 Å². The van der Waals surface area contributed by atoms with E-state index in [1.807, 2.05) is 18.2 Å². The first-order valence-electron chi connectivity index (χ1n) is 9.26. The second-order valence-corrected chi connectivity index (χ2v) is 6.91. The molecule has 0 fully saturated rings. The zero-order valence-electron chi connectivity index (χ0n) is 16.0. The summed E-state index contributed by atoms with van der Waals surface area (Å²) in [4.78, 5) is 37.8. The van der Waals surface area contributed by atoms with Crippen LogP contribution in [0.3, 0.4) is 0 Å². The number of nitrogens with zero attached hydrogens (tertiary/aromatic N) is 1. The van der Waals surface area contributed by atoms with Crippen LogP contribution in [0.5, 0.6) is 5.75 Å². The smallest absolute Gasteiger partial charge is 0.308 e. The van der Waals surface area contributed by atoms with Gasteiger partial charge in [0.1, 0.15) is 5.75 Å². The van der Waals surface area contributed by atoms with Crippen molar-refractivity contribution in [3.63, 3.8) is 0 Å².